The molecule has 0 aliphatic rings. The SMILES string of the molecule is CC(C)(C)C(=O)c1oc2nc(-c3ccccc3Cl)c(-c3ccc(Cl)cc3)cc2c1Nc1ccccn1. The molecule has 0 radical (unpaired) electrons. The molecule has 0 saturated carbocycles. The van der Waals surface area contributed by atoms with Crippen molar-refractivity contribution in [2.24, 2.45) is 5.41 Å². The number of halogens is 2. The standard InChI is InChI=1S/C29H23Cl2N3O2/c1-29(2,3)27(35)26-25(33-23-10-6-7-15-32-23)21-16-20(17-11-13-18(30)14-12-17)24(34-28(21)36-26)19-8-4-5-9-22(19)31/h4-16H,1-3H3,(H,32,33). The van der Waals surface area contributed by atoms with E-state index in [9.17, 15) is 4.79 Å². The molecular formula is C29H23Cl2N3O2. The lowest BCUT2D eigenvalue weighted by Crippen LogP contribution is -2.20. The number of carbonyl (C=O) groups is 1. The van der Waals surface area contributed by atoms with Crippen molar-refractivity contribution in [1.29, 1.82) is 0 Å². The second-order valence-corrected chi connectivity index (χ2v) is 10.3. The van der Waals surface area contributed by atoms with Gasteiger partial charge in [-0.25, -0.2) is 9.97 Å². The van der Waals surface area contributed by atoms with Crippen molar-refractivity contribution in [3.63, 3.8) is 0 Å². The summed E-state index contributed by atoms with van der Waals surface area (Å²) < 4.78 is 6.16. The molecule has 0 saturated heterocycles. The van der Waals surface area contributed by atoms with E-state index in [0.29, 0.717) is 38.3 Å². The Morgan fingerprint density at radius 3 is 2.31 bits per heavy atom. The smallest absolute Gasteiger partial charge is 0.229 e. The van der Waals surface area contributed by atoms with E-state index in [4.69, 9.17) is 32.6 Å². The van der Waals surface area contributed by atoms with Crippen molar-refractivity contribution in [2.75, 3.05) is 5.32 Å². The van der Waals surface area contributed by atoms with Gasteiger partial charge in [0.05, 0.1) is 16.8 Å². The average molecular weight is 516 g/mol. The van der Waals surface area contributed by atoms with Crippen LogP contribution in [0.5, 0.6) is 0 Å². The van der Waals surface area contributed by atoms with Crippen molar-refractivity contribution < 1.29 is 9.21 Å². The number of ketones is 1. The molecule has 36 heavy (non-hydrogen) atoms. The molecule has 0 aliphatic carbocycles. The van der Waals surface area contributed by atoms with E-state index < -0.39 is 5.41 Å². The molecule has 0 spiro atoms. The number of hydrogen-bond donors (Lipinski definition) is 1. The first-order chi connectivity index (χ1) is 17.2. The minimum atomic E-state index is -0.668. The van der Waals surface area contributed by atoms with Crippen molar-refractivity contribution in [3.8, 4) is 22.4 Å². The number of nitrogens with zero attached hydrogens (tertiary/aromatic N) is 2. The average Bonchev–Trinajstić information content (AvgIpc) is 3.20. The number of hydrogen-bond acceptors (Lipinski definition) is 5. The lowest BCUT2D eigenvalue weighted by molar-refractivity contribution is 0.0831. The van der Waals surface area contributed by atoms with Gasteiger partial charge in [-0.2, -0.15) is 0 Å². The van der Waals surface area contributed by atoms with E-state index in [1.165, 1.54) is 0 Å². The van der Waals surface area contributed by atoms with Crippen LogP contribution in [0.3, 0.4) is 0 Å². The summed E-state index contributed by atoms with van der Waals surface area (Å²) >= 11 is 12.7. The van der Waals surface area contributed by atoms with Gasteiger partial charge in [-0.15, -0.1) is 0 Å². The first-order valence-corrected chi connectivity index (χ1v) is 12.2. The highest BCUT2D eigenvalue weighted by atomic mass is 35.5. The van der Waals surface area contributed by atoms with Gasteiger partial charge in [0.25, 0.3) is 0 Å². The van der Waals surface area contributed by atoms with Crippen LogP contribution in [0, 0.1) is 5.41 Å². The number of pyridine rings is 2. The monoisotopic (exact) mass is 515 g/mol. The Hall–Kier alpha value is -3.67. The summed E-state index contributed by atoms with van der Waals surface area (Å²) in [5, 5.41) is 5.14. The lowest BCUT2D eigenvalue weighted by Gasteiger charge is -2.16. The maximum absolute atomic E-state index is 13.4. The van der Waals surface area contributed by atoms with Crippen LogP contribution in [-0.2, 0) is 0 Å². The van der Waals surface area contributed by atoms with Crippen LogP contribution in [0.25, 0.3) is 33.5 Å². The zero-order chi connectivity index (χ0) is 25.4. The van der Waals surface area contributed by atoms with Crippen LogP contribution in [0.4, 0.5) is 11.5 Å². The fourth-order valence-electron chi connectivity index (χ4n) is 3.92. The number of Topliss-reactive ketones (excluding diaryl/α,β-unsaturated/α-hetero) is 1. The summed E-state index contributed by atoms with van der Waals surface area (Å²) in [7, 11) is 0. The van der Waals surface area contributed by atoms with Crippen molar-refractivity contribution >= 4 is 51.6 Å². The number of furan rings is 1. The van der Waals surface area contributed by atoms with Gasteiger partial charge in [0, 0.05) is 32.8 Å². The fourth-order valence-corrected chi connectivity index (χ4v) is 4.27. The highest BCUT2D eigenvalue weighted by Crippen LogP contribution is 2.42. The maximum atomic E-state index is 13.4. The van der Waals surface area contributed by atoms with Gasteiger partial charge >= 0.3 is 0 Å². The molecule has 5 nitrogen and oxygen atoms in total. The first kappa shape index (κ1) is 24.0. The molecule has 0 unspecified atom stereocenters. The maximum Gasteiger partial charge on any atom is 0.229 e. The largest absolute Gasteiger partial charge is 0.432 e. The van der Waals surface area contributed by atoms with E-state index in [2.05, 4.69) is 10.3 Å². The number of anilines is 2. The van der Waals surface area contributed by atoms with Crippen LogP contribution in [0.2, 0.25) is 10.0 Å². The summed E-state index contributed by atoms with van der Waals surface area (Å²) in [5.41, 5.74) is 3.31. The number of carbonyl (C=O) groups excluding carboxylic acids is 1. The Kier molecular flexibility index (Phi) is 6.29. The highest BCUT2D eigenvalue weighted by Gasteiger charge is 2.31. The Labute approximate surface area is 219 Å². The summed E-state index contributed by atoms with van der Waals surface area (Å²) in [6.45, 7) is 5.57. The van der Waals surface area contributed by atoms with Crippen LogP contribution >= 0.6 is 23.2 Å². The molecule has 5 rings (SSSR count). The van der Waals surface area contributed by atoms with Gasteiger partial charge in [-0.3, -0.25) is 4.79 Å². The van der Waals surface area contributed by atoms with Crippen molar-refractivity contribution in [2.45, 2.75) is 20.8 Å². The minimum Gasteiger partial charge on any atom is -0.432 e. The molecular weight excluding hydrogens is 493 g/mol. The van der Waals surface area contributed by atoms with E-state index in [0.717, 1.165) is 16.7 Å². The van der Waals surface area contributed by atoms with Gasteiger partial charge in [-0.1, -0.05) is 80.4 Å². The van der Waals surface area contributed by atoms with Gasteiger partial charge in [0.15, 0.2) is 5.76 Å². The lowest BCUT2D eigenvalue weighted by atomic mass is 9.88. The molecule has 7 heteroatoms. The Balaban J connectivity index is 1.82. The second-order valence-electron chi connectivity index (χ2n) is 9.45. The summed E-state index contributed by atoms with van der Waals surface area (Å²) in [6.07, 6.45) is 1.68. The Morgan fingerprint density at radius 1 is 0.917 bits per heavy atom. The molecule has 0 bridgehead atoms. The molecule has 3 heterocycles. The second kappa shape index (κ2) is 9.41. The third kappa shape index (κ3) is 4.60. The van der Waals surface area contributed by atoms with Gasteiger partial charge in [-0.05, 0) is 42.0 Å². The van der Waals surface area contributed by atoms with Crippen molar-refractivity contribution in [1.82, 2.24) is 9.97 Å². The highest BCUT2D eigenvalue weighted by molar-refractivity contribution is 6.33. The minimum absolute atomic E-state index is 0.147. The van der Waals surface area contributed by atoms with Crippen molar-refractivity contribution in [3.05, 3.63) is 94.8 Å². The van der Waals surface area contributed by atoms with E-state index in [1.807, 2.05) is 93.6 Å². The third-order valence-corrected chi connectivity index (χ3v) is 6.35. The zero-order valence-electron chi connectivity index (χ0n) is 20.0. The van der Waals surface area contributed by atoms with E-state index in [1.54, 1.807) is 6.20 Å². The van der Waals surface area contributed by atoms with Gasteiger partial charge in [0.2, 0.25) is 11.5 Å². The number of nitrogens with one attached hydrogen (secondary N) is 1. The van der Waals surface area contributed by atoms with Crippen LogP contribution in [0.15, 0.2) is 83.4 Å². The molecule has 0 amide bonds. The number of rotatable bonds is 5. The van der Waals surface area contributed by atoms with Crippen LogP contribution < -0.4 is 5.32 Å². The molecule has 180 valence electrons. The summed E-state index contributed by atoms with van der Waals surface area (Å²) in [5.74, 6) is 0.645. The molecule has 0 atom stereocenters. The van der Waals surface area contributed by atoms with E-state index >= 15 is 0 Å². The van der Waals surface area contributed by atoms with Crippen LogP contribution in [0.1, 0.15) is 31.3 Å². The third-order valence-electron chi connectivity index (χ3n) is 5.77. The van der Waals surface area contributed by atoms with Crippen LogP contribution in [-0.4, -0.2) is 15.8 Å². The number of benzene rings is 2. The predicted octanol–water partition coefficient (Wildman–Crippen LogP) is 8.84. The van der Waals surface area contributed by atoms with Gasteiger partial charge in [0.1, 0.15) is 5.82 Å². The Morgan fingerprint density at radius 2 is 1.64 bits per heavy atom. The summed E-state index contributed by atoms with van der Waals surface area (Å²) in [6, 6.07) is 22.5. The molecule has 1 N–H and O–H groups in total. The predicted molar refractivity (Wildman–Crippen MR) is 146 cm³/mol. The fraction of sp³-hybridized carbons (Fsp3) is 0.138. The molecule has 2 aromatic carbocycles. The molecule has 5 aromatic rings. The zero-order valence-corrected chi connectivity index (χ0v) is 21.5. The Bertz CT molecular complexity index is 1570. The number of aromatic nitrogens is 2. The quantitative estimate of drug-likeness (QED) is 0.236. The molecule has 3 aromatic heterocycles. The van der Waals surface area contributed by atoms with Gasteiger partial charge < -0.3 is 9.73 Å². The molecule has 0 aliphatic heterocycles. The normalized spacial score (nSPS) is 11.6. The molecule has 0 fully saturated rings. The topological polar surface area (TPSA) is 68.0 Å². The van der Waals surface area contributed by atoms with E-state index in [-0.39, 0.29) is 11.5 Å². The first-order valence-electron chi connectivity index (χ1n) is 11.4. The summed E-state index contributed by atoms with van der Waals surface area (Å²) in [4.78, 5) is 22.7. The number of fused-ring (bicyclic) bond motifs is 1.